The number of rotatable bonds is 6. The summed E-state index contributed by atoms with van der Waals surface area (Å²) >= 11 is 7.23. The van der Waals surface area contributed by atoms with Crippen LogP contribution in [0.3, 0.4) is 0 Å². The zero-order chi connectivity index (χ0) is 16.7. The Bertz CT molecular complexity index is 590. The third-order valence-electron chi connectivity index (χ3n) is 4.08. The lowest BCUT2D eigenvalue weighted by Crippen LogP contribution is -2.47. The second-order valence-corrected chi connectivity index (χ2v) is 7.06. The minimum atomic E-state index is -0.628. The number of carbonyl (C=O) groups excluding carboxylic acids is 2. The highest BCUT2D eigenvalue weighted by atomic mass is 35.5. The number of hydrogen-bond donors (Lipinski definition) is 2. The molecule has 23 heavy (non-hydrogen) atoms. The maximum Gasteiger partial charge on any atom is 0.263 e. The second-order valence-electron chi connectivity index (χ2n) is 5.74. The zero-order valence-electron chi connectivity index (χ0n) is 12.8. The molecule has 2 N–H and O–H groups in total. The van der Waals surface area contributed by atoms with Crippen LogP contribution in [0.15, 0.2) is 11.4 Å². The summed E-state index contributed by atoms with van der Waals surface area (Å²) in [4.78, 5) is 25.0. The molecule has 1 aliphatic rings. The van der Waals surface area contributed by atoms with E-state index in [0.29, 0.717) is 22.2 Å². The predicted molar refractivity (Wildman–Crippen MR) is 90.4 cm³/mol. The summed E-state index contributed by atoms with van der Waals surface area (Å²) < 4.78 is 0. The molecule has 0 aliphatic heterocycles. The molecule has 2 rings (SSSR count). The van der Waals surface area contributed by atoms with Crippen molar-refractivity contribution in [2.45, 2.75) is 44.6 Å². The van der Waals surface area contributed by atoms with Gasteiger partial charge in [-0.15, -0.1) is 11.3 Å². The van der Waals surface area contributed by atoms with E-state index in [1.807, 2.05) is 6.07 Å². The Hall–Kier alpha value is -1.58. The molecule has 0 saturated heterocycles. The molecule has 1 aromatic rings. The molecule has 1 fully saturated rings. The molecule has 0 unspecified atom stereocenters. The molecule has 5 nitrogen and oxygen atoms in total. The van der Waals surface area contributed by atoms with Crippen LogP contribution in [0.1, 0.15) is 48.2 Å². The highest BCUT2D eigenvalue weighted by molar-refractivity contribution is 7.12. The van der Waals surface area contributed by atoms with E-state index in [1.165, 1.54) is 30.6 Å². The van der Waals surface area contributed by atoms with Gasteiger partial charge in [-0.25, -0.2) is 0 Å². The van der Waals surface area contributed by atoms with Gasteiger partial charge < -0.3 is 10.6 Å². The summed E-state index contributed by atoms with van der Waals surface area (Å²) in [7, 11) is 0. The van der Waals surface area contributed by atoms with Crippen molar-refractivity contribution in [3.63, 3.8) is 0 Å². The van der Waals surface area contributed by atoms with Crippen molar-refractivity contribution in [2.75, 3.05) is 6.54 Å². The van der Waals surface area contributed by atoms with Crippen LogP contribution < -0.4 is 10.6 Å². The van der Waals surface area contributed by atoms with Crippen LogP contribution >= 0.6 is 22.9 Å². The summed E-state index contributed by atoms with van der Waals surface area (Å²) in [6, 6.07) is 2.92. The van der Waals surface area contributed by atoms with Gasteiger partial charge in [0.1, 0.15) is 17.5 Å². The van der Waals surface area contributed by atoms with E-state index >= 15 is 0 Å². The van der Waals surface area contributed by atoms with E-state index in [-0.39, 0.29) is 18.4 Å². The minimum Gasteiger partial charge on any atom is -0.341 e. The van der Waals surface area contributed by atoms with Crippen LogP contribution in [0.25, 0.3) is 0 Å². The third-order valence-corrected chi connectivity index (χ3v) is 5.42. The molecule has 1 aliphatic carbocycles. The highest BCUT2D eigenvalue weighted by Gasteiger charge is 2.27. The van der Waals surface area contributed by atoms with Crippen LogP contribution in [-0.2, 0) is 4.79 Å². The lowest BCUT2D eigenvalue weighted by molar-refractivity contribution is -0.123. The summed E-state index contributed by atoms with van der Waals surface area (Å²) in [6.45, 7) is -0.0599. The van der Waals surface area contributed by atoms with Crippen LogP contribution in [0.2, 0.25) is 5.02 Å². The van der Waals surface area contributed by atoms with Crippen LogP contribution in [-0.4, -0.2) is 24.4 Å². The molecule has 7 heteroatoms. The van der Waals surface area contributed by atoms with E-state index < -0.39 is 6.04 Å². The SMILES string of the molecule is N#CCNC(=O)[C@H](CC1CCCCC1)NC(=O)c1sccc1Cl. The van der Waals surface area contributed by atoms with Crippen molar-refractivity contribution in [1.29, 1.82) is 5.26 Å². The highest BCUT2D eigenvalue weighted by Crippen LogP contribution is 2.28. The van der Waals surface area contributed by atoms with Gasteiger partial charge in [0, 0.05) is 0 Å². The van der Waals surface area contributed by atoms with Gasteiger partial charge in [0.15, 0.2) is 0 Å². The Morgan fingerprint density at radius 2 is 2.13 bits per heavy atom. The predicted octanol–water partition coefficient (Wildman–Crippen LogP) is 3.11. The average molecular weight is 354 g/mol. The molecule has 0 radical (unpaired) electrons. The number of carbonyl (C=O) groups is 2. The minimum absolute atomic E-state index is 0.0599. The molecule has 1 atom stereocenters. The quantitative estimate of drug-likeness (QED) is 0.771. The van der Waals surface area contributed by atoms with E-state index in [0.717, 1.165) is 12.8 Å². The Balaban J connectivity index is 2.02. The van der Waals surface area contributed by atoms with Gasteiger partial charge in [-0.3, -0.25) is 9.59 Å². The summed E-state index contributed by atoms with van der Waals surface area (Å²) in [5.74, 6) is -0.211. The molecule has 0 aromatic carbocycles. The molecule has 1 aromatic heterocycles. The maximum atomic E-state index is 12.3. The van der Waals surface area contributed by atoms with E-state index in [2.05, 4.69) is 10.6 Å². The van der Waals surface area contributed by atoms with Gasteiger partial charge in [-0.2, -0.15) is 5.26 Å². The van der Waals surface area contributed by atoms with Crippen molar-refractivity contribution < 1.29 is 9.59 Å². The van der Waals surface area contributed by atoms with Gasteiger partial charge >= 0.3 is 0 Å². The first-order valence-electron chi connectivity index (χ1n) is 7.80. The fourth-order valence-corrected chi connectivity index (χ4v) is 3.96. The Morgan fingerprint density at radius 3 is 2.74 bits per heavy atom. The Kier molecular flexibility index (Phi) is 6.87. The molecule has 124 valence electrons. The smallest absolute Gasteiger partial charge is 0.263 e. The number of halogens is 1. The fraction of sp³-hybridized carbons (Fsp3) is 0.562. The van der Waals surface area contributed by atoms with Crippen LogP contribution in [0.5, 0.6) is 0 Å². The van der Waals surface area contributed by atoms with Gasteiger partial charge in [-0.1, -0.05) is 43.7 Å². The number of amides is 2. The third kappa shape index (κ3) is 5.22. The Morgan fingerprint density at radius 1 is 1.39 bits per heavy atom. The largest absolute Gasteiger partial charge is 0.341 e. The number of hydrogen-bond acceptors (Lipinski definition) is 4. The van der Waals surface area contributed by atoms with Gasteiger partial charge in [0.25, 0.3) is 5.91 Å². The van der Waals surface area contributed by atoms with E-state index in [9.17, 15) is 9.59 Å². The van der Waals surface area contributed by atoms with Crippen LogP contribution in [0.4, 0.5) is 0 Å². The maximum absolute atomic E-state index is 12.3. The van der Waals surface area contributed by atoms with Crippen molar-refractivity contribution in [2.24, 2.45) is 5.92 Å². The first kappa shape index (κ1) is 17.8. The monoisotopic (exact) mass is 353 g/mol. The van der Waals surface area contributed by atoms with Crippen molar-refractivity contribution >= 4 is 34.8 Å². The molecule has 0 spiro atoms. The lowest BCUT2D eigenvalue weighted by Gasteiger charge is -2.26. The van der Waals surface area contributed by atoms with Crippen molar-refractivity contribution in [3.05, 3.63) is 21.3 Å². The van der Waals surface area contributed by atoms with Gasteiger partial charge in [0.05, 0.1) is 11.1 Å². The standard InChI is InChI=1S/C16H20ClN3O2S/c17-12-6-9-23-14(12)16(22)20-13(15(21)19-8-7-18)10-11-4-2-1-3-5-11/h6,9,11,13H,1-5,8,10H2,(H,19,21)(H,20,22)/t13-/m0/s1. The molecule has 1 heterocycles. The van der Waals surface area contributed by atoms with Gasteiger partial charge in [-0.05, 0) is 23.8 Å². The molecule has 1 saturated carbocycles. The number of nitrogens with one attached hydrogen (secondary N) is 2. The molecular formula is C16H20ClN3O2S. The fourth-order valence-electron chi connectivity index (χ4n) is 2.92. The zero-order valence-corrected chi connectivity index (χ0v) is 14.4. The number of nitriles is 1. The lowest BCUT2D eigenvalue weighted by atomic mass is 9.84. The van der Waals surface area contributed by atoms with Gasteiger partial charge in [0.2, 0.25) is 5.91 Å². The Labute approximate surface area is 145 Å². The summed E-state index contributed by atoms with van der Waals surface area (Å²) in [5, 5.41) is 16.1. The van der Waals surface area contributed by atoms with Crippen molar-refractivity contribution in [1.82, 2.24) is 10.6 Å². The topological polar surface area (TPSA) is 82.0 Å². The van der Waals surface area contributed by atoms with E-state index in [4.69, 9.17) is 16.9 Å². The van der Waals surface area contributed by atoms with E-state index in [1.54, 1.807) is 11.4 Å². The normalized spacial score (nSPS) is 16.3. The molecule has 0 bridgehead atoms. The average Bonchev–Trinajstić information content (AvgIpc) is 2.99. The molecular weight excluding hydrogens is 334 g/mol. The number of nitrogens with zero attached hydrogens (tertiary/aromatic N) is 1. The summed E-state index contributed by atoms with van der Waals surface area (Å²) in [5.41, 5.74) is 0. The molecule has 2 amide bonds. The van der Waals surface area contributed by atoms with Crippen molar-refractivity contribution in [3.8, 4) is 6.07 Å². The second kappa shape index (κ2) is 8.90. The summed E-state index contributed by atoms with van der Waals surface area (Å²) in [6.07, 6.45) is 6.34. The van der Waals surface area contributed by atoms with Crippen LogP contribution in [0, 0.1) is 17.2 Å². The first-order valence-corrected chi connectivity index (χ1v) is 9.06. The first-order chi connectivity index (χ1) is 11.1. The number of thiophene rings is 1.